The predicted octanol–water partition coefficient (Wildman–Crippen LogP) is 4.44. The van der Waals surface area contributed by atoms with Crippen molar-refractivity contribution in [1.29, 1.82) is 0 Å². The third-order valence-corrected chi connectivity index (χ3v) is 5.87. The summed E-state index contributed by atoms with van der Waals surface area (Å²) >= 11 is 0. The Hall–Kier alpha value is -2.11. The van der Waals surface area contributed by atoms with Crippen molar-refractivity contribution in [2.45, 2.75) is 0 Å². The first-order valence-electron chi connectivity index (χ1n) is 7.25. The molecule has 0 radical (unpaired) electrons. The van der Waals surface area contributed by atoms with Crippen LogP contribution in [0.25, 0.3) is 0 Å². The fourth-order valence-corrected chi connectivity index (χ4v) is 4.53. The van der Waals surface area contributed by atoms with E-state index in [4.69, 9.17) is 0 Å². The second kappa shape index (κ2) is 7.77. The van der Waals surface area contributed by atoms with Crippen LogP contribution >= 0.6 is 7.92 Å². The third-order valence-electron chi connectivity index (χ3n) is 3.39. The largest absolute Gasteiger partial charge is 0.378 e. The van der Waals surface area contributed by atoms with Gasteiger partial charge in [-0.2, -0.15) is 0 Å². The molecule has 0 aliphatic heterocycles. The highest BCUT2D eigenvalue weighted by atomic mass is 31.1. The van der Waals surface area contributed by atoms with E-state index in [9.17, 15) is 0 Å². The van der Waals surface area contributed by atoms with Crippen molar-refractivity contribution in [3.8, 4) is 0 Å². The molecule has 112 valence electrons. The molecule has 0 saturated carbocycles. The van der Waals surface area contributed by atoms with Gasteiger partial charge in [-0.05, 0) is 36.0 Å². The first-order valence-corrected chi connectivity index (χ1v) is 8.59. The van der Waals surface area contributed by atoms with Gasteiger partial charge in [-0.1, -0.05) is 73.9 Å². The minimum atomic E-state index is -0.599. The molecule has 1 atom stereocenters. The van der Waals surface area contributed by atoms with E-state index >= 15 is 0 Å². The van der Waals surface area contributed by atoms with Crippen LogP contribution in [0.3, 0.4) is 0 Å². The molecule has 0 fully saturated rings. The molecule has 22 heavy (non-hydrogen) atoms. The summed E-state index contributed by atoms with van der Waals surface area (Å²) in [6, 6.07) is 19.4. The SMILES string of the molecule is C=C/C=C(\C=C)P(c1ccccc1)c1ccc(N(C)C)cc1. The number of hydrogen-bond acceptors (Lipinski definition) is 1. The molecule has 0 aromatic heterocycles. The Morgan fingerprint density at radius 3 is 2.00 bits per heavy atom. The lowest BCUT2D eigenvalue weighted by atomic mass is 10.3. The average molecular weight is 307 g/mol. The third kappa shape index (κ3) is 3.75. The quantitative estimate of drug-likeness (QED) is 0.563. The average Bonchev–Trinajstić information content (AvgIpc) is 2.56. The topological polar surface area (TPSA) is 3.24 Å². The van der Waals surface area contributed by atoms with E-state index in [2.05, 4.69) is 92.8 Å². The van der Waals surface area contributed by atoms with E-state index in [1.54, 1.807) is 0 Å². The van der Waals surface area contributed by atoms with Crippen LogP contribution in [0.2, 0.25) is 0 Å². The van der Waals surface area contributed by atoms with Crippen molar-refractivity contribution in [3.63, 3.8) is 0 Å². The molecule has 0 N–H and O–H groups in total. The van der Waals surface area contributed by atoms with Gasteiger partial charge in [-0.3, -0.25) is 0 Å². The van der Waals surface area contributed by atoms with Gasteiger partial charge in [0, 0.05) is 19.8 Å². The van der Waals surface area contributed by atoms with E-state index in [1.807, 2.05) is 12.2 Å². The highest BCUT2D eigenvalue weighted by Gasteiger charge is 2.16. The van der Waals surface area contributed by atoms with Crippen LogP contribution in [0.5, 0.6) is 0 Å². The van der Waals surface area contributed by atoms with Crippen molar-refractivity contribution in [2.75, 3.05) is 19.0 Å². The van der Waals surface area contributed by atoms with Crippen molar-refractivity contribution >= 4 is 24.2 Å². The number of benzene rings is 2. The molecule has 0 amide bonds. The summed E-state index contributed by atoms with van der Waals surface area (Å²) in [6.45, 7) is 7.82. The molecule has 2 rings (SSSR count). The van der Waals surface area contributed by atoms with E-state index in [-0.39, 0.29) is 0 Å². The van der Waals surface area contributed by atoms with Crippen molar-refractivity contribution < 1.29 is 0 Å². The number of hydrogen-bond donors (Lipinski definition) is 0. The number of allylic oxidation sites excluding steroid dienone is 4. The summed E-state index contributed by atoms with van der Waals surface area (Å²) in [5.41, 5.74) is 1.21. The van der Waals surface area contributed by atoms with E-state index in [1.165, 1.54) is 21.6 Å². The van der Waals surface area contributed by atoms with Gasteiger partial charge in [0.2, 0.25) is 0 Å². The molecule has 0 bridgehead atoms. The summed E-state index contributed by atoms with van der Waals surface area (Å²) < 4.78 is 0. The van der Waals surface area contributed by atoms with E-state index in [0.29, 0.717) is 0 Å². The van der Waals surface area contributed by atoms with Crippen LogP contribution in [-0.2, 0) is 0 Å². The van der Waals surface area contributed by atoms with E-state index in [0.717, 1.165) is 0 Å². The molecule has 0 spiro atoms. The smallest absolute Gasteiger partial charge is 0.0361 e. The van der Waals surface area contributed by atoms with Gasteiger partial charge < -0.3 is 4.90 Å². The van der Waals surface area contributed by atoms with Crippen molar-refractivity contribution in [2.24, 2.45) is 0 Å². The number of anilines is 1. The van der Waals surface area contributed by atoms with Gasteiger partial charge in [0.1, 0.15) is 0 Å². The predicted molar refractivity (Wildman–Crippen MR) is 102 cm³/mol. The summed E-state index contributed by atoms with van der Waals surface area (Å²) in [7, 11) is 3.52. The maximum atomic E-state index is 3.99. The van der Waals surface area contributed by atoms with Crippen molar-refractivity contribution in [1.82, 2.24) is 0 Å². The lowest BCUT2D eigenvalue weighted by Gasteiger charge is -2.21. The molecule has 1 nitrogen and oxygen atoms in total. The Kier molecular flexibility index (Phi) is 5.75. The molecular weight excluding hydrogens is 285 g/mol. The molecule has 2 heteroatoms. The molecule has 2 aromatic rings. The Labute approximate surface area is 135 Å². The molecule has 0 aliphatic rings. The van der Waals surface area contributed by atoms with Gasteiger partial charge in [0.15, 0.2) is 0 Å². The van der Waals surface area contributed by atoms with E-state index < -0.39 is 7.92 Å². The fraction of sp³-hybridized carbons (Fsp3) is 0.100. The monoisotopic (exact) mass is 307 g/mol. The summed E-state index contributed by atoms with van der Waals surface area (Å²) in [5.74, 6) is 0. The normalized spacial score (nSPS) is 12.5. The zero-order chi connectivity index (χ0) is 15.9. The highest BCUT2D eigenvalue weighted by Crippen LogP contribution is 2.43. The molecule has 1 unspecified atom stereocenters. The first kappa shape index (κ1) is 16.3. The number of rotatable bonds is 6. The minimum Gasteiger partial charge on any atom is -0.378 e. The summed E-state index contributed by atoms with van der Waals surface area (Å²) in [5, 5.41) is 3.86. The zero-order valence-corrected chi connectivity index (χ0v) is 14.1. The van der Waals surface area contributed by atoms with Gasteiger partial charge in [0.05, 0.1) is 0 Å². The second-order valence-corrected chi connectivity index (χ2v) is 7.33. The Morgan fingerprint density at radius 2 is 1.50 bits per heavy atom. The molecule has 0 saturated heterocycles. The van der Waals surface area contributed by atoms with Crippen LogP contribution in [-0.4, -0.2) is 14.1 Å². The number of nitrogens with zero attached hydrogens (tertiary/aromatic N) is 1. The van der Waals surface area contributed by atoms with Crippen LogP contribution in [0.15, 0.2) is 91.3 Å². The summed E-state index contributed by atoms with van der Waals surface area (Å²) in [6.07, 6.45) is 5.84. The molecular formula is C20H22NP. The van der Waals surface area contributed by atoms with Crippen LogP contribution < -0.4 is 15.5 Å². The maximum Gasteiger partial charge on any atom is 0.0361 e. The van der Waals surface area contributed by atoms with Crippen LogP contribution in [0.4, 0.5) is 5.69 Å². The highest BCUT2D eigenvalue weighted by molar-refractivity contribution is 7.77. The van der Waals surface area contributed by atoms with Crippen LogP contribution in [0.1, 0.15) is 0 Å². The van der Waals surface area contributed by atoms with Gasteiger partial charge >= 0.3 is 0 Å². The van der Waals surface area contributed by atoms with Crippen molar-refractivity contribution in [3.05, 3.63) is 91.3 Å². The molecule has 2 aromatic carbocycles. The van der Waals surface area contributed by atoms with Gasteiger partial charge in [0.25, 0.3) is 0 Å². The Balaban J connectivity index is 2.51. The van der Waals surface area contributed by atoms with Gasteiger partial charge in [-0.25, -0.2) is 0 Å². The Bertz CT molecular complexity index is 654. The minimum absolute atomic E-state index is 0.599. The Morgan fingerprint density at radius 1 is 0.909 bits per heavy atom. The molecule has 0 heterocycles. The lowest BCUT2D eigenvalue weighted by molar-refractivity contribution is 1.13. The molecule has 0 aliphatic carbocycles. The fourth-order valence-electron chi connectivity index (χ4n) is 2.28. The summed E-state index contributed by atoms with van der Waals surface area (Å²) in [4.78, 5) is 2.11. The van der Waals surface area contributed by atoms with Crippen LogP contribution in [0, 0.1) is 0 Å². The standard InChI is InChI=1S/C20H22NP/c1-5-10-18(6-2)22(19-11-8-7-9-12-19)20-15-13-17(14-16-20)21(3)4/h5-16H,1-2H2,3-4H3/b18-10+. The maximum absolute atomic E-state index is 3.99. The second-order valence-electron chi connectivity index (χ2n) is 5.11. The zero-order valence-electron chi connectivity index (χ0n) is 13.2. The van der Waals surface area contributed by atoms with Gasteiger partial charge in [-0.15, -0.1) is 0 Å². The first-order chi connectivity index (χ1) is 10.7. The lowest BCUT2D eigenvalue weighted by Crippen LogP contribution is -2.14.